The molecule has 0 radical (unpaired) electrons. The van der Waals surface area contributed by atoms with Crippen LogP contribution in [0.1, 0.15) is 280 Å². The number of carbonyl (C=O) groups is 5. The molecular formula is C101H137ClN14O15. The molecule has 0 bridgehead atoms. The molecule has 10 rings (SSSR count). The van der Waals surface area contributed by atoms with Gasteiger partial charge in [0.15, 0.2) is 0 Å². The third-order valence-electron chi connectivity index (χ3n) is 19.2. The number of nitrogens with two attached hydrogens (primary N) is 1. The number of nitrogen functional groups attached to an aromatic ring is 1. The molecule has 0 spiro atoms. The summed E-state index contributed by atoms with van der Waals surface area (Å²) in [4.78, 5) is 104. The van der Waals surface area contributed by atoms with Crippen molar-refractivity contribution in [3.8, 4) is 28.7 Å². The summed E-state index contributed by atoms with van der Waals surface area (Å²) in [6.07, 6.45) is 14.8. The minimum atomic E-state index is -1.03. The fourth-order valence-electron chi connectivity index (χ4n) is 12.2. The molecule has 0 saturated heterocycles. The van der Waals surface area contributed by atoms with Crippen molar-refractivity contribution >= 4 is 82.0 Å². The van der Waals surface area contributed by atoms with E-state index in [1.807, 2.05) is 102 Å². The Balaban J connectivity index is 0.000000284. The lowest BCUT2D eigenvalue weighted by Gasteiger charge is -2.23. The van der Waals surface area contributed by atoms with Crippen molar-refractivity contribution in [2.24, 2.45) is 29.6 Å². The second-order valence-electron chi connectivity index (χ2n) is 34.3. The first-order valence-electron chi connectivity index (χ1n) is 44.4. The van der Waals surface area contributed by atoms with Crippen molar-refractivity contribution in [1.82, 2.24) is 49.8 Å². The lowest BCUT2D eigenvalue weighted by Crippen LogP contribution is -2.19. The van der Waals surface area contributed by atoms with Gasteiger partial charge < -0.3 is 68.2 Å². The van der Waals surface area contributed by atoms with E-state index in [1.54, 1.807) is 0 Å². The van der Waals surface area contributed by atoms with Gasteiger partial charge in [-0.05, 0) is 204 Å². The van der Waals surface area contributed by atoms with E-state index in [0.29, 0.717) is 152 Å². The van der Waals surface area contributed by atoms with Crippen LogP contribution in [-0.2, 0) is 25.4 Å². The maximum Gasteiger partial charge on any atom is 0.341 e. The number of halogens is 1. The lowest BCUT2D eigenvalue weighted by molar-refractivity contribution is 0.0590. The van der Waals surface area contributed by atoms with Crippen LogP contribution in [0.25, 0.3) is 0 Å². The van der Waals surface area contributed by atoms with Crippen LogP contribution in [0.4, 0.5) is 40.6 Å². The number of carboxylic acids is 1. The summed E-state index contributed by atoms with van der Waals surface area (Å²) in [5, 5.41) is 9.11. The number of nitrogens with zero attached hydrogens (tertiary/aromatic N) is 13. The Morgan fingerprint density at radius 1 is 0.328 bits per heavy atom. The van der Waals surface area contributed by atoms with Crippen molar-refractivity contribution < 1.29 is 71.7 Å². The first kappa shape index (κ1) is 109. The highest BCUT2D eigenvalue weighted by atomic mass is 35.5. The molecule has 708 valence electrons. The Morgan fingerprint density at radius 2 is 0.565 bits per heavy atom. The normalized spacial score (nSPS) is 10.9. The Morgan fingerprint density at radius 3 is 0.817 bits per heavy atom. The minimum Gasteiger partial charge on any atom is -0.493 e. The van der Waals surface area contributed by atoms with E-state index in [4.69, 9.17) is 55.6 Å². The first-order chi connectivity index (χ1) is 62.2. The Hall–Kier alpha value is -12.7. The standard InChI is InChI=1S/2C21H29N3O3.C20H27N3O3.C20H26N2O3.C13H21NO.C6H5ClN2O2/c2*1-7-24(21-22-11-16(12-23-21)20(25)26-6)17-8-9-19(27-13-14(2)3)18(10-17)15(4)5;1-6-23(20-21-10-15(11-22-20)19(24)25)16-7-8-18(26-12-13(2)3)17(9-16)14(4)5;1-13(2)12-25-18-7-6-15(8-17(18)14(3)4)9-19-21-10-16(11-22-19)20(23)24-5;1-9(2)8-15-13-6-5-11(14)7-12(13)10(3)4;1-11-5(10)4-2-8-6(7)9-3-4/h2*8-12,14-15H,7,13H2,1-6H3;7-11,13-14H,6,12H2,1-5H3,(H,24,25);6-8,10-11,13-14H,9,12H2,1-5H3;5-7,9-10H,8,14H2,1-4H3;2-3H,1H3. The van der Waals surface area contributed by atoms with Crippen LogP contribution in [0.5, 0.6) is 28.7 Å². The second kappa shape index (κ2) is 55.4. The summed E-state index contributed by atoms with van der Waals surface area (Å²) in [7, 11) is 5.31. The first-order valence-corrected chi connectivity index (χ1v) is 44.8. The number of rotatable bonds is 36. The van der Waals surface area contributed by atoms with Crippen LogP contribution < -0.4 is 44.1 Å². The van der Waals surface area contributed by atoms with Crippen LogP contribution in [0.3, 0.4) is 0 Å². The molecule has 10 aromatic rings. The molecule has 5 aromatic carbocycles. The summed E-state index contributed by atoms with van der Waals surface area (Å²) >= 11 is 5.39. The van der Waals surface area contributed by atoms with Crippen molar-refractivity contribution in [3.63, 3.8) is 0 Å². The van der Waals surface area contributed by atoms with Gasteiger partial charge in [0.25, 0.3) is 0 Å². The van der Waals surface area contributed by atoms with Crippen molar-refractivity contribution in [3.05, 3.63) is 225 Å². The van der Waals surface area contributed by atoms with E-state index >= 15 is 0 Å². The van der Waals surface area contributed by atoms with Gasteiger partial charge in [0.2, 0.25) is 23.1 Å². The van der Waals surface area contributed by atoms with Crippen molar-refractivity contribution in [1.29, 1.82) is 0 Å². The summed E-state index contributed by atoms with van der Waals surface area (Å²) in [5.74, 6) is 8.23. The van der Waals surface area contributed by atoms with Crippen LogP contribution in [0.2, 0.25) is 5.28 Å². The SMILES string of the molecule is CC(C)COc1ccc(N)cc1C(C)C.CCN(c1ccc(OCC(C)C)c(C(C)C)c1)c1ncc(C(=O)O)cn1.CCN(c1ccc(OCC(C)C)c(C(C)C)c1)c1ncc(C(=O)OC)cn1.CCN(c1ccc(OCC(C)C)c(C(C)C)c1)c1ncc(C(=O)OC)cn1.COC(=O)c1cnc(Cc2ccc(OCC(C)C)c(C(C)C)c2)nc1.COC(=O)c1cnc(Cl)nc1. The van der Waals surface area contributed by atoms with Gasteiger partial charge in [0, 0.05) is 111 Å². The zero-order chi connectivity index (χ0) is 97.3. The third kappa shape index (κ3) is 35.6. The molecule has 0 aliphatic heterocycles. The number of esters is 4. The second-order valence-corrected chi connectivity index (χ2v) is 34.6. The number of carbonyl (C=O) groups excluding carboxylic acids is 4. The molecule has 0 saturated carbocycles. The summed E-state index contributed by atoms with van der Waals surface area (Å²) < 4.78 is 48.1. The predicted molar refractivity (Wildman–Crippen MR) is 517 cm³/mol. The molecule has 131 heavy (non-hydrogen) atoms. The van der Waals surface area contributed by atoms with E-state index < -0.39 is 29.8 Å². The van der Waals surface area contributed by atoms with Gasteiger partial charge in [-0.1, -0.05) is 151 Å². The monoisotopic (exact) mass is 1820 g/mol. The number of ether oxygens (including phenoxy) is 9. The number of methoxy groups -OCH3 is 4. The molecule has 0 fully saturated rings. The molecule has 0 aliphatic rings. The van der Waals surface area contributed by atoms with Crippen molar-refractivity contribution in [2.45, 2.75) is 195 Å². The van der Waals surface area contributed by atoms with Gasteiger partial charge in [-0.3, -0.25) is 0 Å². The zero-order valence-electron chi connectivity index (χ0n) is 81.5. The fourth-order valence-corrected chi connectivity index (χ4v) is 12.3. The van der Waals surface area contributed by atoms with Crippen LogP contribution in [0, 0.1) is 29.6 Å². The smallest absolute Gasteiger partial charge is 0.341 e. The van der Waals surface area contributed by atoms with E-state index in [9.17, 15) is 24.0 Å². The highest BCUT2D eigenvalue weighted by Crippen LogP contribution is 2.38. The van der Waals surface area contributed by atoms with Gasteiger partial charge in [-0.2, -0.15) is 0 Å². The predicted octanol–water partition coefficient (Wildman–Crippen LogP) is 22.0. The summed E-state index contributed by atoms with van der Waals surface area (Å²) in [6, 6.07) is 30.5. The average Bonchev–Trinajstić information content (AvgIpc) is 0.815. The van der Waals surface area contributed by atoms with E-state index in [1.165, 1.54) is 102 Å². The third-order valence-corrected chi connectivity index (χ3v) is 19.4. The fraction of sp³-hybridized carbons (Fsp3) is 0.455. The molecule has 29 nitrogen and oxygen atoms in total. The lowest BCUT2D eigenvalue weighted by atomic mass is 9.98. The topological polar surface area (TPSA) is 353 Å². The number of carboxylic acid groups (broad SMARTS) is 1. The number of hydrogen-bond donors (Lipinski definition) is 2. The summed E-state index contributed by atoms with van der Waals surface area (Å²) in [6.45, 7) is 54.5. The van der Waals surface area contributed by atoms with E-state index in [-0.39, 0.29) is 16.4 Å². The Bertz CT molecular complexity index is 5030. The quantitative estimate of drug-likeness (QED) is 0.0159. The van der Waals surface area contributed by atoms with E-state index in [2.05, 4.69) is 222 Å². The molecule has 30 heteroatoms. The van der Waals surface area contributed by atoms with Crippen LogP contribution >= 0.6 is 11.6 Å². The molecule has 0 atom stereocenters. The number of benzene rings is 5. The van der Waals surface area contributed by atoms with Gasteiger partial charge in [-0.25, -0.2) is 73.8 Å². The zero-order valence-corrected chi connectivity index (χ0v) is 82.3. The largest absolute Gasteiger partial charge is 0.493 e. The van der Waals surface area contributed by atoms with Crippen molar-refractivity contribution in [2.75, 3.05) is 102 Å². The maximum absolute atomic E-state index is 11.6. The minimum absolute atomic E-state index is 0.0742. The number of hydrogen-bond acceptors (Lipinski definition) is 28. The van der Waals surface area contributed by atoms with Gasteiger partial charge in [-0.15, -0.1) is 0 Å². The number of anilines is 7. The number of aromatic carboxylic acids is 1. The highest BCUT2D eigenvalue weighted by Gasteiger charge is 2.23. The summed E-state index contributed by atoms with van der Waals surface area (Å²) in [5.41, 5.74) is 17.8. The molecule has 5 heterocycles. The highest BCUT2D eigenvalue weighted by molar-refractivity contribution is 6.28. The molecule has 0 aliphatic carbocycles. The maximum atomic E-state index is 11.6. The molecule has 0 amide bonds. The molecule has 0 unspecified atom stereocenters. The van der Waals surface area contributed by atoms with Crippen LogP contribution in [-0.4, -0.2) is 166 Å². The Kier molecular flexibility index (Phi) is 46.0. The van der Waals surface area contributed by atoms with E-state index in [0.717, 1.165) is 80.4 Å². The molecule has 5 aromatic heterocycles. The molecule has 3 N–H and O–H groups in total. The molecular weight excluding hydrogens is 1680 g/mol. The average molecular weight is 1820 g/mol. The van der Waals surface area contributed by atoms with Gasteiger partial charge in [0.1, 0.15) is 34.6 Å². The Labute approximate surface area is 779 Å². The van der Waals surface area contributed by atoms with Gasteiger partial charge in [0.05, 0.1) is 89.3 Å². The van der Waals surface area contributed by atoms with Gasteiger partial charge >= 0.3 is 29.8 Å². The number of aromatic nitrogens is 10. The van der Waals surface area contributed by atoms with Crippen LogP contribution in [0.15, 0.2) is 153 Å².